The highest BCUT2D eigenvalue weighted by molar-refractivity contribution is 6.02. The van der Waals surface area contributed by atoms with E-state index < -0.39 is 29.5 Å². The number of hydrogen-bond donors (Lipinski definition) is 3. The van der Waals surface area contributed by atoms with E-state index in [1.165, 1.54) is 48.9 Å². The highest BCUT2D eigenvalue weighted by Crippen LogP contribution is 2.37. The molecule has 0 saturated carbocycles. The minimum Gasteiger partial charge on any atom is -0.424 e. The molecule has 5 aromatic rings. The van der Waals surface area contributed by atoms with Crippen LogP contribution in [0.25, 0.3) is 22.3 Å². The third-order valence-electron chi connectivity index (χ3n) is 6.29. The molecule has 3 aromatic heterocycles. The molecule has 0 atom stereocenters. The molecule has 0 aliphatic heterocycles. The van der Waals surface area contributed by atoms with Gasteiger partial charge in [-0.15, -0.1) is 0 Å². The van der Waals surface area contributed by atoms with Gasteiger partial charge < -0.3 is 21.1 Å². The molecule has 3 heterocycles. The summed E-state index contributed by atoms with van der Waals surface area (Å²) in [6, 6.07) is 10.5. The highest BCUT2D eigenvalue weighted by atomic mass is 19.4. The summed E-state index contributed by atoms with van der Waals surface area (Å²) < 4.78 is 85.0. The fourth-order valence-corrected chi connectivity index (χ4v) is 4.17. The summed E-state index contributed by atoms with van der Waals surface area (Å²) in [7, 11) is 0. The van der Waals surface area contributed by atoms with Crippen LogP contribution in [0, 0.1) is 6.92 Å². The van der Waals surface area contributed by atoms with Gasteiger partial charge in [-0.05, 0) is 54.4 Å². The average molecular weight is 626 g/mol. The van der Waals surface area contributed by atoms with Crippen LogP contribution in [0.1, 0.15) is 16.7 Å². The fourth-order valence-electron chi connectivity index (χ4n) is 4.17. The molecule has 0 aliphatic carbocycles. The zero-order valence-corrected chi connectivity index (χ0v) is 23.0. The Balaban J connectivity index is 1.27. The van der Waals surface area contributed by atoms with E-state index >= 15 is 0 Å². The topological polar surface area (TPSA) is 128 Å². The van der Waals surface area contributed by atoms with Crippen molar-refractivity contribution in [2.45, 2.75) is 19.3 Å². The number of aromatic nitrogens is 4. The van der Waals surface area contributed by atoms with Gasteiger partial charge in [0.1, 0.15) is 11.6 Å². The summed E-state index contributed by atoms with van der Waals surface area (Å²) in [5.41, 5.74) is 5.95. The van der Waals surface area contributed by atoms with Crippen LogP contribution in [0.4, 0.5) is 48.3 Å². The molecule has 9 nitrogen and oxygen atoms in total. The predicted molar refractivity (Wildman–Crippen MR) is 153 cm³/mol. The quantitative estimate of drug-likeness (QED) is 0.163. The number of aryl methyl sites for hydroxylation is 1. The Morgan fingerprint density at radius 3 is 2.07 bits per heavy atom. The molecule has 0 unspecified atom stereocenters. The number of carbonyl (C=O) groups excluding carboxylic acids is 1. The van der Waals surface area contributed by atoms with E-state index in [1.54, 1.807) is 19.2 Å². The van der Waals surface area contributed by atoms with E-state index in [0.29, 0.717) is 22.9 Å². The molecule has 2 amide bonds. The van der Waals surface area contributed by atoms with Crippen molar-refractivity contribution < 1.29 is 35.9 Å². The van der Waals surface area contributed by atoms with Gasteiger partial charge in [-0.2, -0.15) is 26.3 Å². The van der Waals surface area contributed by atoms with Gasteiger partial charge in [0.25, 0.3) is 0 Å². The maximum absolute atomic E-state index is 13.4. The lowest BCUT2D eigenvalue weighted by atomic mass is 10.0. The zero-order chi connectivity index (χ0) is 32.4. The molecule has 0 fully saturated rings. The van der Waals surface area contributed by atoms with Crippen LogP contribution in [0.2, 0.25) is 0 Å². The molecule has 0 aliphatic rings. The molecular weight excluding hydrogens is 604 g/mol. The Bertz CT molecular complexity index is 1840. The molecular formula is C30H21F6N7O2. The van der Waals surface area contributed by atoms with E-state index in [9.17, 15) is 31.1 Å². The standard InChI is InChI=1S/C30H21F6N7O2/c1-16-8-18(12-38-11-16)23-7-4-19(29(31,32)33)10-25(23)43-27(44)42-21-14-40-28(41-15-21)45-22-5-2-17(3-6-22)24-9-20(30(34,35)36)13-39-26(24)37/h2-15H,1H3,(H2,37,39)(H2,42,43,44). The number of amides is 2. The number of nitrogens with one attached hydrogen (secondary N) is 2. The van der Waals surface area contributed by atoms with E-state index in [4.69, 9.17) is 10.5 Å². The number of nitrogens with two attached hydrogens (primary N) is 1. The van der Waals surface area contributed by atoms with Crippen LogP contribution in [-0.2, 0) is 12.4 Å². The van der Waals surface area contributed by atoms with Gasteiger partial charge >= 0.3 is 24.4 Å². The molecule has 0 saturated heterocycles. The lowest BCUT2D eigenvalue weighted by molar-refractivity contribution is -0.138. The predicted octanol–water partition coefficient (Wildman–Crippen LogP) is 7.97. The SMILES string of the molecule is Cc1cncc(-c2ccc(C(F)(F)F)cc2NC(=O)Nc2cnc(Oc3ccc(-c4cc(C(F)(F)F)cnc4N)cc3)nc2)c1. The minimum absolute atomic E-state index is 0.0800. The van der Waals surface area contributed by atoms with Crippen molar-refractivity contribution in [3.63, 3.8) is 0 Å². The van der Waals surface area contributed by atoms with Crippen molar-refractivity contribution in [1.82, 2.24) is 19.9 Å². The Morgan fingerprint density at radius 2 is 1.42 bits per heavy atom. The van der Waals surface area contributed by atoms with Crippen molar-refractivity contribution >= 4 is 23.2 Å². The number of nitrogens with zero attached hydrogens (tertiary/aromatic N) is 4. The second kappa shape index (κ2) is 12.1. The van der Waals surface area contributed by atoms with Crippen LogP contribution < -0.4 is 21.1 Å². The fraction of sp³-hybridized carbons (Fsp3) is 0.100. The molecule has 5 rings (SSSR count). The summed E-state index contributed by atoms with van der Waals surface area (Å²) >= 11 is 0. The summed E-state index contributed by atoms with van der Waals surface area (Å²) in [6.45, 7) is 1.78. The van der Waals surface area contributed by atoms with E-state index in [2.05, 4.69) is 30.6 Å². The number of carbonyl (C=O) groups is 1. The second-order valence-corrected chi connectivity index (χ2v) is 9.62. The summed E-state index contributed by atoms with van der Waals surface area (Å²) in [5, 5.41) is 4.89. The Labute approximate surface area is 251 Å². The van der Waals surface area contributed by atoms with Crippen LogP contribution in [0.15, 0.2) is 85.6 Å². The number of urea groups is 1. The van der Waals surface area contributed by atoms with Gasteiger partial charge in [-0.3, -0.25) is 4.98 Å². The van der Waals surface area contributed by atoms with Gasteiger partial charge in [0.2, 0.25) is 0 Å². The number of nitrogen functional groups attached to an aromatic ring is 1. The first-order valence-electron chi connectivity index (χ1n) is 12.9. The number of ether oxygens (including phenoxy) is 1. The summed E-state index contributed by atoms with van der Waals surface area (Å²) in [6.07, 6.45) is -3.09. The third kappa shape index (κ3) is 7.44. The number of benzene rings is 2. The summed E-state index contributed by atoms with van der Waals surface area (Å²) in [5.74, 6) is 0.169. The smallest absolute Gasteiger partial charge is 0.417 e. The van der Waals surface area contributed by atoms with Gasteiger partial charge in [-0.1, -0.05) is 18.2 Å². The van der Waals surface area contributed by atoms with Gasteiger partial charge in [-0.25, -0.2) is 19.7 Å². The van der Waals surface area contributed by atoms with E-state index in [-0.39, 0.29) is 34.5 Å². The van der Waals surface area contributed by atoms with Crippen LogP contribution in [-0.4, -0.2) is 26.0 Å². The number of pyridine rings is 2. The molecule has 45 heavy (non-hydrogen) atoms. The number of alkyl halides is 6. The van der Waals surface area contributed by atoms with Crippen molar-refractivity contribution in [1.29, 1.82) is 0 Å². The first kappa shape index (κ1) is 30.7. The van der Waals surface area contributed by atoms with E-state index in [1.807, 2.05) is 0 Å². The van der Waals surface area contributed by atoms with Crippen molar-refractivity contribution in [2.75, 3.05) is 16.4 Å². The highest BCUT2D eigenvalue weighted by Gasteiger charge is 2.32. The van der Waals surface area contributed by atoms with Crippen LogP contribution in [0.3, 0.4) is 0 Å². The lowest BCUT2D eigenvalue weighted by Gasteiger charge is -2.15. The van der Waals surface area contributed by atoms with Crippen molar-refractivity contribution in [2.24, 2.45) is 0 Å². The Hall–Kier alpha value is -5.73. The summed E-state index contributed by atoms with van der Waals surface area (Å²) in [4.78, 5) is 28.4. The number of rotatable bonds is 6. The number of anilines is 3. The molecule has 0 spiro atoms. The molecule has 2 aromatic carbocycles. The molecule has 4 N–H and O–H groups in total. The molecule has 15 heteroatoms. The van der Waals surface area contributed by atoms with Gasteiger partial charge in [0.05, 0.1) is 34.9 Å². The second-order valence-electron chi connectivity index (χ2n) is 9.62. The molecule has 0 radical (unpaired) electrons. The average Bonchev–Trinajstić information content (AvgIpc) is 2.98. The first-order chi connectivity index (χ1) is 21.3. The maximum atomic E-state index is 13.4. The Kier molecular flexibility index (Phi) is 8.26. The van der Waals surface area contributed by atoms with E-state index in [0.717, 1.165) is 23.8 Å². The zero-order valence-electron chi connectivity index (χ0n) is 23.0. The Morgan fingerprint density at radius 1 is 0.733 bits per heavy atom. The lowest BCUT2D eigenvalue weighted by Crippen LogP contribution is -2.20. The molecule has 230 valence electrons. The number of halogens is 6. The van der Waals surface area contributed by atoms with Crippen LogP contribution in [0.5, 0.6) is 11.8 Å². The molecule has 0 bridgehead atoms. The largest absolute Gasteiger partial charge is 0.424 e. The minimum atomic E-state index is -4.64. The van der Waals surface area contributed by atoms with Crippen molar-refractivity contribution in [3.8, 4) is 34.0 Å². The normalized spacial score (nSPS) is 11.6. The van der Waals surface area contributed by atoms with Crippen molar-refractivity contribution in [3.05, 3.63) is 102 Å². The number of hydrogen-bond acceptors (Lipinski definition) is 7. The van der Waals surface area contributed by atoms with Gasteiger partial charge in [0, 0.05) is 35.3 Å². The maximum Gasteiger partial charge on any atom is 0.417 e. The first-order valence-corrected chi connectivity index (χ1v) is 12.9. The monoisotopic (exact) mass is 625 g/mol. The van der Waals surface area contributed by atoms with Gasteiger partial charge in [0.15, 0.2) is 0 Å². The van der Waals surface area contributed by atoms with Crippen LogP contribution >= 0.6 is 0 Å². The third-order valence-corrected chi connectivity index (χ3v) is 6.29.